The van der Waals surface area contributed by atoms with E-state index in [1.54, 1.807) is 26.6 Å². The molecule has 0 saturated heterocycles. The van der Waals surface area contributed by atoms with Crippen molar-refractivity contribution in [2.45, 2.75) is 12.5 Å². The van der Waals surface area contributed by atoms with Crippen molar-refractivity contribution in [1.82, 2.24) is 4.98 Å². The Balaban J connectivity index is 3.09. The van der Waals surface area contributed by atoms with Crippen LogP contribution >= 0.6 is 0 Å². The van der Waals surface area contributed by atoms with E-state index in [1.165, 1.54) is 0 Å². The van der Waals surface area contributed by atoms with Crippen LogP contribution in [-0.4, -0.2) is 30.9 Å². The fourth-order valence-corrected chi connectivity index (χ4v) is 1.41. The normalized spacial score (nSPS) is 12.3. The Morgan fingerprint density at radius 2 is 1.87 bits per heavy atom. The van der Waals surface area contributed by atoms with Gasteiger partial charge in [0.15, 0.2) is 0 Å². The van der Waals surface area contributed by atoms with Gasteiger partial charge in [-0.2, -0.15) is 0 Å². The van der Waals surface area contributed by atoms with Crippen LogP contribution in [0, 0.1) is 0 Å². The van der Waals surface area contributed by atoms with Crippen LogP contribution in [0.15, 0.2) is 12.4 Å². The van der Waals surface area contributed by atoms with Gasteiger partial charge in [-0.3, -0.25) is 4.98 Å². The molecule has 0 fully saturated rings. The predicted molar refractivity (Wildman–Crippen MR) is 56.0 cm³/mol. The van der Waals surface area contributed by atoms with E-state index >= 15 is 0 Å². The first kappa shape index (κ1) is 11.7. The molecule has 0 radical (unpaired) electrons. The molecule has 0 aliphatic rings. The van der Waals surface area contributed by atoms with E-state index in [0.29, 0.717) is 17.9 Å². The molecule has 0 saturated carbocycles. The van der Waals surface area contributed by atoms with E-state index < -0.39 is 0 Å². The van der Waals surface area contributed by atoms with Crippen LogP contribution < -0.4 is 15.2 Å². The molecule has 3 N–H and O–H groups in total. The molecule has 0 aliphatic carbocycles. The molecular formula is C10H16N2O3. The lowest BCUT2D eigenvalue weighted by Crippen LogP contribution is -2.14. The summed E-state index contributed by atoms with van der Waals surface area (Å²) in [4.78, 5) is 3.96. The second kappa shape index (κ2) is 5.53. The third-order valence-corrected chi connectivity index (χ3v) is 2.17. The summed E-state index contributed by atoms with van der Waals surface area (Å²) in [5.41, 5.74) is 6.65. The lowest BCUT2D eigenvalue weighted by molar-refractivity contribution is 0.273. The third-order valence-electron chi connectivity index (χ3n) is 2.17. The molecular weight excluding hydrogens is 196 g/mol. The molecule has 5 nitrogen and oxygen atoms in total. The molecule has 84 valence electrons. The smallest absolute Gasteiger partial charge is 0.145 e. The monoisotopic (exact) mass is 212 g/mol. The van der Waals surface area contributed by atoms with Crippen LogP contribution in [0.25, 0.3) is 0 Å². The van der Waals surface area contributed by atoms with Crippen LogP contribution in [0.2, 0.25) is 0 Å². The first-order valence-electron chi connectivity index (χ1n) is 4.66. The zero-order valence-electron chi connectivity index (χ0n) is 8.93. The number of aliphatic hydroxyl groups is 1. The highest BCUT2D eigenvalue weighted by Gasteiger charge is 2.17. The van der Waals surface area contributed by atoms with Crippen LogP contribution in [0.4, 0.5) is 0 Å². The first-order valence-corrected chi connectivity index (χ1v) is 4.66. The first-order chi connectivity index (χ1) is 7.24. The van der Waals surface area contributed by atoms with Gasteiger partial charge in [0.25, 0.3) is 0 Å². The number of aliphatic hydroxyl groups excluding tert-OH is 1. The second-order valence-electron chi connectivity index (χ2n) is 3.08. The number of nitrogens with zero attached hydrogens (tertiary/aromatic N) is 1. The lowest BCUT2D eigenvalue weighted by Gasteiger charge is -2.17. The van der Waals surface area contributed by atoms with Gasteiger partial charge < -0.3 is 20.3 Å². The number of pyridine rings is 1. The van der Waals surface area contributed by atoms with Gasteiger partial charge in [-0.1, -0.05) is 0 Å². The number of hydrogen-bond acceptors (Lipinski definition) is 5. The Labute approximate surface area is 88.8 Å². The van der Waals surface area contributed by atoms with Crippen molar-refractivity contribution in [3.05, 3.63) is 18.0 Å². The summed E-state index contributed by atoms with van der Waals surface area (Å²) in [5, 5.41) is 8.85. The standard InChI is InChI=1S/C10H16N2O3/c1-14-8-5-12-6-9(15-2)10(8)7(11)3-4-13/h5-7,13H,3-4,11H2,1-2H3. The van der Waals surface area contributed by atoms with Gasteiger partial charge in [-0.05, 0) is 6.42 Å². The summed E-state index contributed by atoms with van der Waals surface area (Å²) in [6.45, 7) is 0.0236. The number of nitrogens with two attached hydrogens (primary N) is 1. The summed E-state index contributed by atoms with van der Waals surface area (Å²) >= 11 is 0. The summed E-state index contributed by atoms with van der Waals surface area (Å²) in [7, 11) is 3.09. The van der Waals surface area contributed by atoms with Crippen LogP contribution in [0.5, 0.6) is 11.5 Å². The topological polar surface area (TPSA) is 77.6 Å². The molecule has 1 aromatic rings. The Kier molecular flexibility index (Phi) is 4.33. The highest BCUT2D eigenvalue weighted by Crippen LogP contribution is 2.32. The predicted octanol–water partition coefficient (Wildman–Crippen LogP) is 0.481. The molecule has 0 aromatic carbocycles. The van der Waals surface area contributed by atoms with E-state index in [4.69, 9.17) is 20.3 Å². The van der Waals surface area contributed by atoms with E-state index in [0.717, 1.165) is 5.56 Å². The zero-order chi connectivity index (χ0) is 11.3. The molecule has 1 unspecified atom stereocenters. The minimum Gasteiger partial charge on any atom is -0.495 e. The van der Waals surface area contributed by atoms with Crippen molar-refractivity contribution >= 4 is 0 Å². The maximum Gasteiger partial charge on any atom is 0.145 e. The van der Waals surface area contributed by atoms with E-state index in [-0.39, 0.29) is 12.6 Å². The van der Waals surface area contributed by atoms with Gasteiger partial charge in [0.1, 0.15) is 11.5 Å². The van der Waals surface area contributed by atoms with Crippen molar-refractivity contribution in [3.8, 4) is 11.5 Å². The molecule has 1 heterocycles. The zero-order valence-corrected chi connectivity index (χ0v) is 8.93. The largest absolute Gasteiger partial charge is 0.495 e. The third kappa shape index (κ3) is 2.57. The molecule has 1 atom stereocenters. The molecule has 0 aliphatic heterocycles. The minimum atomic E-state index is -0.317. The minimum absolute atomic E-state index is 0.0236. The highest BCUT2D eigenvalue weighted by atomic mass is 16.5. The molecule has 1 rings (SSSR count). The maximum absolute atomic E-state index is 8.85. The fraction of sp³-hybridized carbons (Fsp3) is 0.500. The molecule has 5 heteroatoms. The van der Waals surface area contributed by atoms with Crippen LogP contribution in [0.1, 0.15) is 18.0 Å². The lowest BCUT2D eigenvalue weighted by atomic mass is 10.0. The molecule has 15 heavy (non-hydrogen) atoms. The molecule has 0 amide bonds. The Bertz CT molecular complexity index is 295. The van der Waals surface area contributed by atoms with Gasteiger partial charge in [0.05, 0.1) is 32.2 Å². The van der Waals surface area contributed by atoms with Crippen LogP contribution in [-0.2, 0) is 0 Å². The van der Waals surface area contributed by atoms with Crippen LogP contribution in [0.3, 0.4) is 0 Å². The number of ether oxygens (including phenoxy) is 2. The molecule has 1 aromatic heterocycles. The molecule has 0 bridgehead atoms. The van der Waals surface area contributed by atoms with Crippen molar-refractivity contribution in [2.24, 2.45) is 5.73 Å². The summed E-state index contributed by atoms with van der Waals surface area (Å²) in [6, 6.07) is -0.317. The number of methoxy groups -OCH3 is 2. The molecule has 0 spiro atoms. The van der Waals surface area contributed by atoms with Crippen molar-refractivity contribution in [2.75, 3.05) is 20.8 Å². The fourth-order valence-electron chi connectivity index (χ4n) is 1.41. The second-order valence-corrected chi connectivity index (χ2v) is 3.08. The van der Waals surface area contributed by atoms with Gasteiger partial charge >= 0.3 is 0 Å². The van der Waals surface area contributed by atoms with E-state index in [9.17, 15) is 0 Å². The SMILES string of the molecule is COc1cncc(OC)c1C(N)CCO. The van der Waals surface area contributed by atoms with Gasteiger partial charge in [0.2, 0.25) is 0 Å². The van der Waals surface area contributed by atoms with E-state index in [1.807, 2.05) is 0 Å². The summed E-state index contributed by atoms with van der Waals surface area (Å²) < 4.78 is 10.3. The Morgan fingerprint density at radius 1 is 1.33 bits per heavy atom. The van der Waals surface area contributed by atoms with Gasteiger partial charge in [-0.25, -0.2) is 0 Å². The van der Waals surface area contributed by atoms with E-state index in [2.05, 4.69) is 4.98 Å². The highest BCUT2D eigenvalue weighted by molar-refractivity contribution is 5.43. The average Bonchev–Trinajstić information content (AvgIpc) is 2.28. The van der Waals surface area contributed by atoms with Crippen molar-refractivity contribution in [3.63, 3.8) is 0 Å². The van der Waals surface area contributed by atoms with Gasteiger partial charge in [-0.15, -0.1) is 0 Å². The van der Waals surface area contributed by atoms with Crippen molar-refractivity contribution in [1.29, 1.82) is 0 Å². The quantitative estimate of drug-likeness (QED) is 0.742. The summed E-state index contributed by atoms with van der Waals surface area (Å²) in [5.74, 6) is 1.16. The average molecular weight is 212 g/mol. The number of hydrogen-bond donors (Lipinski definition) is 2. The van der Waals surface area contributed by atoms with Crippen molar-refractivity contribution < 1.29 is 14.6 Å². The van der Waals surface area contributed by atoms with Gasteiger partial charge in [0, 0.05) is 12.6 Å². The maximum atomic E-state index is 8.85. The number of aromatic nitrogens is 1. The summed E-state index contributed by atoms with van der Waals surface area (Å²) in [6.07, 6.45) is 3.61. The Morgan fingerprint density at radius 3 is 2.27 bits per heavy atom. The number of rotatable bonds is 5. The Hall–Kier alpha value is -1.33.